The maximum atomic E-state index is 12.2. The van der Waals surface area contributed by atoms with Gasteiger partial charge in [0.15, 0.2) is 5.16 Å². The van der Waals surface area contributed by atoms with Gasteiger partial charge in [-0.05, 0) is 43.5 Å². The van der Waals surface area contributed by atoms with E-state index in [1.807, 2.05) is 19.2 Å². The molecule has 0 bridgehead atoms. The number of piperidine rings is 1. The Hall–Kier alpha value is -2.55. The molecule has 1 saturated heterocycles. The number of benzene rings is 1. The Morgan fingerprint density at radius 1 is 1.14 bits per heavy atom. The van der Waals surface area contributed by atoms with Crippen LogP contribution in [0.3, 0.4) is 0 Å². The van der Waals surface area contributed by atoms with Crippen LogP contribution in [0.2, 0.25) is 0 Å². The molecule has 9 heteroatoms. The van der Waals surface area contributed by atoms with Crippen LogP contribution in [0.5, 0.6) is 0 Å². The fourth-order valence-corrected chi connectivity index (χ4v) is 3.89. The Morgan fingerprint density at radius 2 is 1.86 bits per heavy atom. The Bertz CT molecular complexity index is 814. The van der Waals surface area contributed by atoms with Crippen LogP contribution in [0.1, 0.15) is 31.5 Å². The van der Waals surface area contributed by atoms with Crippen molar-refractivity contribution in [1.82, 2.24) is 14.8 Å². The van der Waals surface area contributed by atoms with Gasteiger partial charge in [0.25, 0.3) is 0 Å². The lowest BCUT2D eigenvalue weighted by Crippen LogP contribution is -2.29. The lowest BCUT2D eigenvalue weighted by atomic mass is 10.1. The molecule has 0 aliphatic carbocycles. The molecule has 1 aliphatic heterocycles. The topological polar surface area (TPSA) is 106 Å². The summed E-state index contributed by atoms with van der Waals surface area (Å²) in [6, 6.07) is 8.00. The number of hydrogen-bond acceptors (Lipinski definition) is 6. The number of aryl methyl sites for hydroxylation is 1. The van der Waals surface area contributed by atoms with Crippen molar-refractivity contribution in [3.8, 4) is 0 Å². The number of nitrogens with zero attached hydrogens (tertiary/aromatic N) is 4. The maximum Gasteiger partial charge on any atom is 0.234 e. The highest BCUT2D eigenvalue weighted by Gasteiger charge is 2.13. The van der Waals surface area contributed by atoms with Gasteiger partial charge in [0.05, 0.1) is 5.75 Å². The van der Waals surface area contributed by atoms with E-state index in [0.29, 0.717) is 17.4 Å². The second kappa shape index (κ2) is 9.59. The molecule has 28 heavy (non-hydrogen) atoms. The summed E-state index contributed by atoms with van der Waals surface area (Å²) < 4.78 is 1.79. The summed E-state index contributed by atoms with van der Waals surface area (Å²) in [6.07, 6.45) is 4.45. The molecule has 0 saturated carbocycles. The first-order valence-corrected chi connectivity index (χ1v) is 10.5. The number of carbonyl (C=O) groups is 2. The largest absolute Gasteiger partial charge is 0.372 e. The molecular formula is C19H26N6O2S. The van der Waals surface area contributed by atoms with Crippen LogP contribution >= 0.6 is 11.8 Å². The summed E-state index contributed by atoms with van der Waals surface area (Å²) in [5.41, 5.74) is 7.15. The summed E-state index contributed by atoms with van der Waals surface area (Å²) in [6.45, 7) is 2.20. The normalized spacial score (nSPS) is 14.1. The zero-order valence-corrected chi connectivity index (χ0v) is 16.9. The number of nitrogens with two attached hydrogens (primary N) is 1. The van der Waals surface area contributed by atoms with Gasteiger partial charge in [-0.2, -0.15) is 0 Å². The molecule has 1 aromatic carbocycles. The summed E-state index contributed by atoms with van der Waals surface area (Å²) in [5, 5.41) is 11.7. The number of primary amides is 1. The number of thioether (sulfide) groups is 1. The van der Waals surface area contributed by atoms with Crippen molar-refractivity contribution in [2.45, 2.75) is 37.3 Å². The van der Waals surface area contributed by atoms with Gasteiger partial charge in [0, 0.05) is 44.4 Å². The highest BCUT2D eigenvalue weighted by molar-refractivity contribution is 7.99. The molecule has 1 fully saturated rings. The molecule has 0 radical (unpaired) electrons. The van der Waals surface area contributed by atoms with Crippen molar-refractivity contribution in [3.63, 3.8) is 0 Å². The van der Waals surface area contributed by atoms with Crippen molar-refractivity contribution in [2.75, 3.05) is 29.1 Å². The molecule has 8 nitrogen and oxygen atoms in total. The SMILES string of the molecule is Cn1c(CCC(N)=O)nnc1SCC(=O)Nc1ccc(N2CCCCC2)cc1. The highest BCUT2D eigenvalue weighted by Crippen LogP contribution is 2.22. The quantitative estimate of drug-likeness (QED) is 0.654. The zero-order valence-electron chi connectivity index (χ0n) is 16.1. The van der Waals surface area contributed by atoms with Crippen LogP contribution in [0.15, 0.2) is 29.4 Å². The van der Waals surface area contributed by atoms with Gasteiger partial charge in [-0.25, -0.2) is 0 Å². The predicted molar refractivity (Wildman–Crippen MR) is 110 cm³/mol. The summed E-state index contributed by atoms with van der Waals surface area (Å²) in [4.78, 5) is 25.5. The van der Waals surface area contributed by atoms with Crippen LogP contribution in [-0.4, -0.2) is 45.4 Å². The number of aromatic nitrogens is 3. The molecular weight excluding hydrogens is 376 g/mol. The number of carbonyl (C=O) groups excluding carboxylic acids is 2. The second-order valence-electron chi connectivity index (χ2n) is 6.86. The Kier molecular flexibility index (Phi) is 6.91. The van der Waals surface area contributed by atoms with Gasteiger partial charge in [0.1, 0.15) is 5.82 Å². The van der Waals surface area contributed by atoms with E-state index < -0.39 is 0 Å². The second-order valence-corrected chi connectivity index (χ2v) is 7.80. The predicted octanol–water partition coefficient (Wildman–Crippen LogP) is 1.95. The van der Waals surface area contributed by atoms with Gasteiger partial charge in [-0.3, -0.25) is 9.59 Å². The van der Waals surface area contributed by atoms with Crippen LogP contribution < -0.4 is 16.0 Å². The smallest absolute Gasteiger partial charge is 0.234 e. The standard InChI is InChI=1S/C19H26N6O2S/c1-24-17(10-9-16(20)26)22-23-19(24)28-13-18(27)21-14-5-7-15(8-6-14)25-11-3-2-4-12-25/h5-8H,2-4,9-13H2,1H3,(H2,20,26)(H,21,27). The van der Waals surface area contributed by atoms with E-state index in [0.717, 1.165) is 18.8 Å². The number of anilines is 2. The summed E-state index contributed by atoms with van der Waals surface area (Å²) in [5.74, 6) is 0.436. The van der Waals surface area contributed by atoms with E-state index in [-0.39, 0.29) is 24.0 Å². The molecule has 3 rings (SSSR count). The van der Waals surface area contributed by atoms with Gasteiger partial charge in [0.2, 0.25) is 11.8 Å². The van der Waals surface area contributed by atoms with Crippen molar-refractivity contribution < 1.29 is 9.59 Å². The van der Waals surface area contributed by atoms with Crippen molar-refractivity contribution in [1.29, 1.82) is 0 Å². The van der Waals surface area contributed by atoms with Gasteiger partial charge < -0.3 is 20.5 Å². The van der Waals surface area contributed by atoms with Gasteiger partial charge in [-0.15, -0.1) is 10.2 Å². The number of hydrogen-bond donors (Lipinski definition) is 2. The summed E-state index contributed by atoms with van der Waals surface area (Å²) >= 11 is 1.31. The minimum Gasteiger partial charge on any atom is -0.372 e. The number of amides is 2. The lowest BCUT2D eigenvalue weighted by Gasteiger charge is -2.28. The minimum absolute atomic E-state index is 0.0996. The third-order valence-electron chi connectivity index (χ3n) is 4.72. The molecule has 3 N–H and O–H groups in total. The molecule has 150 valence electrons. The highest BCUT2D eigenvalue weighted by atomic mass is 32.2. The van der Waals surface area contributed by atoms with Crippen molar-refractivity contribution >= 4 is 35.0 Å². The molecule has 1 aromatic heterocycles. The first-order chi connectivity index (χ1) is 13.5. The first-order valence-electron chi connectivity index (χ1n) is 9.47. The van der Waals surface area contributed by atoms with E-state index in [1.54, 1.807) is 4.57 Å². The fraction of sp³-hybridized carbons (Fsp3) is 0.474. The number of rotatable bonds is 8. The lowest BCUT2D eigenvalue weighted by molar-refractivity contribution is -0.118. The number of nitrogens with one attached hydrogen (secondary N) is 1. The van der Waals surface area contributed by atoms with Crippen molar-refractivity contribution in [2.24, 2.45) is 12.8 Å². The molecule has 2 aromatic rings. The Balaban J connectivity index is 1.48. The molecule has 0 atom stereocenters. The average molecular weight is 403 g/mol. The Labute approximate surface area is 168 Å². The van der Waals surface area contributed by atoms with Crippen molar-refractivity contribution in [3.05, 3.63) is 30.1 Å². The van der Waals surface area contributed by atoms with Gasteiger partial charge in [-0.1, -0.05) is 11.8 Å². The summed E-state index contributed by atoms with van der Waals surface area (Å²) in [7, 11) is 1.82. The van der Waals surface area contributed by atoms with E-state index in [9.17, 15) is 9.59 Å². The van der Waals surface area contributed by atoms with E-state index in [1.165, 1.54) is 36.7 Å². The molecule has 0 spiro atoms. The zero-order chi connectivity index (χ0) is 19.9. The average Bonchev–Trinajstić information content (AvgIpc) is 3.05. The fourth-order valence-electron chi connectivity index (χ4n) is 3.16. The molecule has 2 heterocycles. The monoisotopic (exact) mass is 402 g/mol. The Morgan fingerprint density at radius 3 is 2.54 bits per heavy atom. The van der Waals surface area contributed by atoms with Crippen LogP contribution in [0, 0.1) is 0 Å². The molecule has 0 unspecified atom stereocenters. The third-order valence-corrected chi connectivity index (χ3v) is 5.74. The van der Waals surface area contributed by atoms with Gasteiger partial charge >= 0.3 is 0 Å². The van der Waals surface area contributed by atoms with Crippen LogP contribution in [0.25, 0.3) is 0 Å². The third kappa shape index (κ3) is 5.48. The van der Waals surface area contributed by atoms with Crippen LogP contribution in [0.4, 0.5) is 11.4 Å². The molecule has 2 amide bonds. The maximum absolute atomic E-state index is 12.2. The minimum atomic E-state index is -0.372. The molecule has 1 aliphatic rings. The first kappa shape index (κ1) is 20.2. The van der Waals surface area contributed by atoms with E-state index >= 15 is 0 Å². The van der Waals surface area contributed by atoms with E-state index in [4.69, 9.17) is 5.73 Å². The van der Waals surface area contributed by atoms with E-state index in [2.05, 4.69) is 32.5 Å². The van der Waals surface area contributed by atoms with Crippen LogP contribution in [-0.2, 0) is 23.1 Å².